The first-order valence-corrected chi connectivity index (χ1v) is 9.41. The molecular formula is C20H23N7. The topological polar surface area (TPSA) is 110 Å². The highest BCUT2D eigenvalue weighted by Gasteiger charge is 2.23. The van der Waals surface area contributed by atoms with Gasteiger partial charge in [0.05, 0.1) is 17.6 Å². The van der Waals surface area contributed by atoms with Crippen molar-refractivity contribution in [1.82, 2.24) is 19.6 Å². The van der Waals surface area contributed by atoms with Gasteiger partial charge < -0.3 is 21.8 Å². The molecule has 3 heterocycles. The number of nitrogens with two attached hydrogens (primary N) is 2. The Bertz CT molecular complexity index is 1100. The largest absolute Gasteiger partial charge is 0.382 e. The minimum absolute atomic E-state index is 0.327. The molecule has 5 rings (SSSR count). The Hall–Kier alpha value is -3.06. The maximum absolute atomic E-state index is 6.04. The molecule has 1 aromatic carbocycles. The van der Waals surface area contributed by atoms with Crippen molar-refractivity contribution in [3.8, 4) is 0 Å². The lowest BCUT2D eigenvalue weighted by molar-refractivity contribution is 0.391. The Morgan fingerprint density at radius 1 is 1.11 bits per heavy atom. The number of anilines is 3. The highest BCUT2D eigenvalue weighted by atomic mass is 15.3. The zero-order chi connectivity index (χ0) is 18.4. The lowest BCUT2D eigenvalue weighted by atomic mass is 9.85. The summed E-state index contributed by atoms with van der Waals surface area (Å²) < 4.78 is 1.79. The van der Waals surface area contributed by atoms with Crippen LogP contribution in [0.2, 0.25) is 0 Å². The molecule has 27 heavy (non-hydrogen) atoms. The number of nitrogen functional groups attached to an aromatic ring is 1. The van der Waals surface area contributed by atoms with Crippen LogP contribution in [0.1, 0.15) is 37.3 Å². The van der Waals surface area contributed by atoms with E-state index in [1.165, 1.54) is 0 Å². The zero-order valence-electron chi connectivity index (χ0n) is 15.0. The first-order valence-electron chi connectivity index (χ1n) is 9.41. The van der Waals surface area contributed by atoms with Crippen molar-refractivity contribution in [3.63, 3.8) is 0 Å². The summed E-state index contributed by atoms with van der Waals surface area (Å²) in [5.74, 6) is 0.902. The average molecular weight is 361 g/mol. The Morgan fingerprint density at radius 3 is 2.81 bits per heavy atom. The van der Waals surface area contributed by atoms with Gasteiger partial charge >= 0.3 is 0 Å². The summed E-state index contributed by atoms with van der Waals surface area (Å²) in [5.41, 5.74) is 16.9. The quantitative estimate of drug-likeness (QED) is 0.446. The van der Waals surface area contributed by atoms with E-state index in [0.717, 1.165) is 59.3 Å². The van der Waals surface area contributed by atoms with Gasteiger partial charge in [0.25, 0.3) is 0 Å². The number of hydrogen-bond acceptors (Lipinski definition) is 5. The van der Waals surface area contributed by atoms with E-state index in [2.05, 4.69) is 33.6 Å². The molecule has 7 heteroatoms. The lowest BCUT2D eigenvalue weighted by Gasteiger charge is -2.24. The van der Waals surface area contributed by atoms with Crippen molar-refractivity contribution >= 4 is 33.7 Å². The minimum Gasteiger partial charge on any atom is -0.382 e. The van der Waals surface area contributed by atoms with E-state index in [0.29, 0.717) is 17.8 Å². The summed E-state index contributed by atoms with van der Waals surface area (Å²) in [6, 6.07) is 10.4. The smallest absolute Gasteiger partial charge is 0.177 e. The van der Waals surface area contributed by atoms with Crippen LogP contribution in [0.5, 0.6) is 0 Å². The number of hydrogen-bond donors (Lipinski definition) is 4. The Labute approximate surface area is 156 Å². The number of imidazole rings is 1. The number of aromatic amines is 1. The van der Waals surface area contributed by atoms with Crippen molar-refractivity contribution in [2.45, 2.75) is 37.6 Å². The third-order valence-corrected chi connectivity index (χ3v) is 5.49. The fourth-order valence-corrected chi connectivity index (χ4v) is 4.00. The van der Waals surface area contributed by atoms with E-state index in [9.17, 15) is 0 Å². The van der Waals surface area contributed by atoms with Crippen LogP contribution in [0, 0.1) is 0 Å². The third kappa shape index (κ3) is 3.00. The molecule has 7 nitrogen and oxygen atoms in total. The fourth-order valence-electron chi connectivity index (χ4n) is 4.00. The van der Waals surface area contributed by atoms with E-state index in [-0.39, 0.29) is 0 Å². The number of benzene rings is 1. The molecule has 0 bridgehead atoms. The van der Waals surface area contributed by atoms with Gasteiger partial charge in [0.1, 0.15) is 5.82 Å². The van der Waals surface area contributed by atoms with E-state index < -0.39 is 0 Å². The second-order valence-corrected chi connectivity index (χ2v) is 7.43. The summed E-state index contributed by atoms with van der Waals surface area (Å²) in [6.45, 7) is 0. The predicted molar refractivity (Wildman–Crippen MR) is 108 cm³/mol. The summed E-state index contributed by atoms with van der Waals surface area (Å²) in [5, 5.41) is 9.02. The van der Waals surface area contributed by atoms with Crippen molar-refractivity contribution in [2.24, 2.45) is 5.73 Å². The van der Waals surface area contributed by atoms with Crippen molar-refractivity contribution < 1.29 is 0 Å². The molecule has 0 aliphatic heterocycles. The molecule has 0 amide bonds. The molecule has 0 spiro atoms. The number of fused-ring (bicyclic) bond motifs is 2. The molecule has 138 valence electrons. The number of H-pyrrole nitrogens is 1. The molecule has 0 radical (unpaired) electrons. The molecule has 6 N–H and O–H groups in total. The van der Waals surface area contributed by atoms with Crippen LogP contribution < -0.4 is 16.8 Å². The minimum atomic E-state index is 0.327. The van der Waals surface area contributed by atoms with Crippen LogP contribution in [0.15, 0.2) is 42.7 Å². The second kappa shape index (κ2) is 6.28. The highest BCUT2D eigenvalue weighted by molar-refractivity contribution is 5.85. The summed E-state index contributed by atoms with van der Waals surface area (Å²) in [6.07, 6.45) is 8.20. The van der Waals surface area contributed by atoms with Crippen LogP contribution in [0.3, 0.4) is 0 Å². The van der Waals surface area contributed by atoms with Gasteiger partial charge in [-0.25, -0.2) is 9.50 Å². The van der Waals surface area contributed by atoms with Gasteiger partial charge in [-0.15, -0.1) is 5.10 Å². The van der Waals surface area contributed by atoms with Crippen molar-refractivity contribution in [3.05, 3.63) is 48.4 Å². The van der Waals surface area contributed by atoms with Crippen LogP contribution in [-0.4, -0.2) is 25.6 Å². The van der Waals surface area contributed by atoms with Crippen LogP contribution in [-0.2, 0) is 0 Å². The second-order valence-electron chi connectivity index (χ2n) is 7.43. The fraction of sp³-hybridized carbons (Fsp3) is 0.300. The lowest BCUT2D eigenvalue weighted by Crippen LogP contribution is -2.25. The van der Waals surface area contributed by atoms with Gasteiger partial charge in [0.2, 0.25) is 0 Å². The Balaban J connectivity index is 1.51. The van der Waals surface area contributed by atoms with Gasteiger partial charge in [-0.05, 0) is 49.9 Å². The SMILES string of the molecule is Nc1cc(Nc2ccc3[nH]ccc3c2)c2nc([C@H]3CC[C@H](N)CC3)cn2n1. The van der Waals surface area contributed by atoms with E-state index in [4.69, 9.17) is 16.5 Å². The molecule has 1 saturated carbocycles. The van der Waals surface area contributed by atoms with Gasteiger partial charge in [0.15, 0.2) is 5.65 Å². The van der Waals surface area contributed by atoms with E-state index in [1.807, 2.05) is 24.5 Å². The third-order valence-electron chi connectivity index (χ3n) is 5.49. The molecule has 1 fully saturated rings. The Kier molecular flexibility index (Phi) is 3.75. The monoisotopic (exact) mass is 361 g/mol. The number of nitrogens with zero attached hydrogens (tertiary/aromatic N) is 3. The molecule has 0 atom stereocenters. The van der Waals surface area contributed by atoms with Crippen LogP contribution in [0.4, 0.5) is 17.2 Å². The average Bonchev–Trinajstić information content (AvgIpc) is 3.28. The predicted octanol–water partition coefficient (Wildman–Crippen LogP) is 3.52. The standard InChI is InChI=1S/C20H23N7/c21-14-3-1-12(2-4-14)18-11-27-20(25-18)17(10-19(22)26-27)24-15-5-6-16-13(9-15)7-8-23-16/h5-12,14,23-24H,1-4,21H2,(H2,22,26)/t12-,14-. The molecule has 1 aliphatic rings. The molecular weight excluding hydrogens is 338 g/mol. The van der Waals surface area contributed by atoms with E-state index >= 15 is 0 Å². The first-order chi connectivity index (χ1) is 13.2. The van der Waals surface area contributed by atoms with E-state index in [1.54, 1.807) is 4.52 Å². The summed E-state index contributed by atoms with van der Waals surface area (Å²) in [4.78, 5) is 8.10. The molecule has 3 aromatic heterocycles. The van der Waals surface area contributed by atoms with Gasteiger partial charge in [0, 0.05) is 40.8 Å². The maximum Gasteiger partial charge on any atom is 0.177 e. The molecule has 1 aliphatic carbocycles. The molecule has 0 saturated heterocycles. The van der Waals surface area contributed by atoms with Gasteiger partial charge in [-0.3, -0.25) is 0 Å². The highest BCUT2D eigenvalue weighted by Crippen LogP contribution is 2.33. The molecule has 0 unspecified atom stereocenters. The first kappa shape index (κ1) is 16.1. The Morgan fingerprint density at radius 2 is 1.96 bits per heavy atom. The van der Waals surface area contributed by atoms with Crippen molar-refractivity contribution in [1.29, 1.82) is 0 Å². The van der Waals surface area contributed by atoms with Gasteiger partial charge in [-0.2, -0.15) is 0 Å². The van der Waals surface area contributed by atoms with Crippen molar-refractivity contribution in [2.75, 3.05) is 11.1 Å². The summed E-state index contributed by atoms with van der Waals surface area (Å²) >= 11 is 0. The normalized spacial score (nSPS) is 20.3. The number of aromatic nitrogens is 4. The van der Waals surface area contributed by atoms with Gasteiger partial charge in [-0.1, -0.05) is 0 Å². The molecule has 4 aromatic rings. The zero-order valence-corrected chi connectivity index (χ0v) is 15.0. The van der Waals surface area contributed by atoms with Crippen LogP contribution in [0.25, 0.3) is 16.6 Å². The number of rotatable bonds is 3. The number of nitrogens with one attached hydrogen (secondary N) is 2. The van der Waals surface area contributed by atoms with Crippen LogP contribution >= 0.6 is 0 Å². The maximum atomic E-state index is 6.04. The summed E-state index contributed by atoms with van der Waals surface area (Å²) in [7, 11) is 0.